The first-order valence-corrected chi connectivity index (χ1v) is 7.47. The highest BCUT2D eigenvalue weighted by molar-refractivity contribution is 5.92. The summed E-state index contributed by atoms with van der Waals surface area (Å²) in [6.45, 7) is 5.79. The fourth-order valence-corrected chi connectivity index (χ4v) is 2.22. The molecule has 0 unspecified atom stereocenters. The van der Waals surface area contributed by atoms with Gasteiger partial charge in [0.1, 0.15) is 0 Å². The molecule has 1 aromatic carbocycles. The molecule has 1 amide bonds. The number of nitrogens with zero attached hydrogens (tertiary/aromatic N) is 3. The van der Waals surface area contributed by atoms with E-state index in [9.17, 15) is 4.79 Å². The number of aromatic nitrogens is 2. The summed E-state index contributed by atoms with van der Waals surface area (Å²) >= 11 is 0. The molecule has 0 bridgehead atoms. The minimum atomic E-state index is -0.0131. The van der Waals surface area contributed by atoms with Gasteiger partial charge in [0.25, 0.3) is 0 Å². The molecule has 5 nitrogen and oxygen atoms in total. The van der Waals surface area contributed by atoms with Gasteiger partial charge in [-0.1, -0.05) is 23.8 Å². The molecule has 0 saturated carbocycles. The Labute approximate surface area is 131 Å². The van der Waals surface area contributed by atoms with Crippen LogP contribution in [0.4, 0.5) is 5.69 Å². The minimum Gasteiger partial charge on any atom is -0.323 e. The van der Waals surface area contributed by atoms with Gasteiger partial charge in [-0.3, -0.25) is 9.48 Å². The third kappa shape index (κ3) is 4.70. The molecule has 0 aliphatic heterocycles. The largest absolute Gasteiger partial charge is 0.323 e. The fourth-order valence-electron chi connectivity index (χ4n) is 2.22. The zero-order valence-corrected chi connectivity index (χ0v) is 13.8. The van der Waals surface area contributed by atoms with Crippen molar-refractivity contribution in [2.24, 2.45) is 0 Å². The topological polar surface area (TPSA) is 50.2 Å². The van der Waals surface area contributed by atoms with E-state index in [1.165, 1.54) is 5.56 Å². The van der Waals surface area contributed by atoms with E-state index in [0.29, 0.717) is 6.42 Å². The molecule has 22 heavy (non-hydrogen) atoms. The number of likely N-dealkylation sites (N-methyl/N-ethyl adjacent to an activating group) is 1. The van der Waals surface area contributed by atoms with E-state index in [1.54, 1.807) is 6.20 Å². The van der Waals surface area contributed by atoms with Crippen LogP contribution in [0.25, 0.3) is 0 Å². The molecule has 1 aromatic heterocycles. The van der Waals surface area contributed by atoms with Crippen LogP contribution >= 0.6 is 0 Å². The highest BCUT2D eigenvalue weighted by Crippen LogP contribution is 2.13. The van der Waals surface area contributed by atoms with E-state index in [0.717, 1.165) is 29.9 Å². The lowest BCUT2D eigenvalue weighted by atomic mass is 10.0. The van der Waals surface area contributed by atoms with Gasteiger partial charge < -0.3 is 10.2 Å². The van der Waals surface area contributed by atoms with Crippen molar-refractivity contribution in [1.29, 1.82) is 0 Å². The van der Waals surface area contributed by atoms with E-state index in [1.807, 2.05) is 38.8 Å². The molecule has 0 atom stereocenters. The summed E-state index contributed by atoms with van der Waals surface area (Å²) in [5.74, 6) is -0.0131. The predicted molar refractivity (Wildman–Crippen MR) is 89.0 cm³/mol. The van der Waals surface area contributed by atoms with Gasteiger partial charge in [0.2, 0.25) is 5.91 Å². The molecule has 0 aliphatic carbocycles. The first-order valence-electron chi connectivity index (χ1n) is 7.47. The van der Waals surface area contributed by atoms with Crippen molar-refractivity contribution in [2.75, 3.05) is 26.0 Å². The van der Waals surface area contributed by atoms with Gasteiger partial charge in [-0.2, -0.15) is 5.10 Å². The second kappa shape index (κ2) is 7.22. The number of carbonyl (C=O) groups excluding carboxylic acids is 1. The SMILES string of the molecule is Cc1ccc(C)c(CC(=O)Nc2cnn(CCN(C)C)c2)c1. The second-order valence-corrected chi connectivity index (χ2v) is 5.95. The number of aryl methyl sites for hydroxylation is 2. The Balaban J connectivity index is 1.93. The number of carbonyl (C=O) groups is 1. The molecule has 5 heteroatoms. The van der Waals surface area contributed by atoms with Gasteiger partial charge in [-0.25, -0.2) is 0 Å². The Hall–Kier alpha value is -2.14. The molecule has 118 valence electrons. The summed E-state index contributed by atoms with van der Waals surface area (Å²) in [5.41, 5.74) is 4.12. The summed E-state index contributed by atoms with van der Waals surface area (Å²) in [4.78, 5) is 14.3. The van der Waals surface area contributed by atoms with Crippen molar-refractivity contribution >= 4 is 11.6 Å². The van der Waals surface area contributed by atoms with Crippen molar-refractivity contribution in [1.82, 2.24) is 14.7 Å². The maximum Gasteiger partial charge on any atom is 0.228 e. The minimum absolute atomic E-state index is 0.0131. The monoisotopic (exact) mass is 300 g/mol. The van der Waals surface area contributed by atoms with E-state index in [-0.39, 0.29) is 5.91 Å². The van der Waals surface area contributed by atoms with E-state index in [2.05, 4.69) is 33.5 Å². The van der Waals surface area contributed by atoms with Gasteiger partial charge in [0.15, 0.2) is 0 Å². The molecule has 0 fully saturated rings. The lowest BCUT2D eigenvalue weighted by Gasteiger charge is -2.09. The highest BCUT2D eigenvalue weighted by atomic mass is 16.1. The summed E-state index contributed by atoms with van der Waals surface area (Å²) < 4.78 is 1.84. The fraction of sp³-hybridized carbons (Fsp3) is 0.412. The van der Waals surface area contributed by atoms with Gasteiger partial charge in [0, 0.05) is 12.7 Å². The third-order valence-electron chi connectivity index (χ3n) is 3.55. The Morgan fingerprint density at radius 2 is 2.09 bits per heavy atom. The van der Waals surface area contributed by atoms with E-state index in [4.69, 9.17) is 0 Å². The van der Waals surface area contributed by atoms with Crippen molar-refractivity contribution in [2.45, 2.75) is 26.8 Å². The number of hydrogen-bond acceptors (Lipinski definition) is 3. The number of rotatable bonds is 6. The van der Waals surface area contributed by atoms with Gasteiger partial charge >= 0.3 is 0 Å². The molecule has 1 heterocycles. The van der Waals surface area contributed by atoms with Crippen LogP contribution in [0.15, 0.2) is 30.6 Å². The second-order valence-electron chi connectivity index (χ2n) is 5.95. The first kappa shape index (κ1) is 16.2. The smallest absolute Gasteiger partial charge is 0.228 e. The first-order chi connectivity index (χ1) is 10.4. The summed E-state index contributed by atoms with van der Waals surface area (Å²) in [6.07, 6.45) is 3.94. The van der Waals surface area contributed by atoms with Crippen LogP contribution in [0, 0.1) is 13.8 Å². The number of benzene rings is 1. The van der Waals surface area contributed by atoms with Crippen LogP contribution in [0.1, 0.15) is 16.7 Å². The number of amides is 1. The number of nitrogens with one attached hydrogen (secondary N) is 1. The quantitative estimate of drug-likeness (QED) is 0.890. The van der Waals surface area contributed by atoms with Crippen molar-refractivity contribution in [3.8, 4) is 0 Å². The number of anilines is 1. The Bertz CT molecular complexity index is 646. The molecule has 2 rings (SSSR count). The molecule has 0 radical (unpaired) electrons. The van der Waals surface area contributed by atoms with Gasteiger partial charge in [-0.05, 0) is 39.1 Å². The summed E-state index contributed by atoms with van der Waals surface area (Å²) in [6, 6.07) is 6.18. The van der Waals surface area contributed by atoms with Crippen LogP contribution in [-0.2, 0) is 17.8 Å². The molecule has 2 aromatic rings. The Kier molecular flexibility index (Phi) is 5.33. The lowest BCUT2D eigenvalue weighted by Crippen LogP contribution is -2.18. The van der Waals surface area contributed by atoms with Crippen LogP contribution in [-0.4, -0.2) is 41.2 Å². The average molecular weight is 300 g/mol. The number of hydrogen-bond donors (Lipinski definition) is 1. The maximum absolute atomic E-state index is 12.2. The zero-order valence-electron chi connectivity index (χ0n) is 13.8. The van der Waals surface area contributed by atoms with E-state index >= 15 is 0 Å². The zero-order chi connectivity index (χ0) is 16.1. The molecule has 1 N–H and O–H groups in total. The maximum atomic E-state index is 12.2. The van der Waals surface area contributed by atoms with Crippen molar-refractivity contribution in [3.05, 3.63) is 47.3 Å². The summed E-state index contributed by atoms with van der Waals surface area (Å²) in [7, 11) is 4.05. The molecule has 0 saturated heterocycles. The average Bonchev–Trinajstić information content (AvgIpc) is 2.88. The normalized spacial score (nSPS) is 11.0. The Morgan fingerprint density at radius 1 is 1.32 bits per heavy atom. The van der Waals surface area contributed by atoms with Gasteiger partial charge in [-0.15, -0.1) is 0 Å². The molecule has 0 aliphatic rings. The molecular weight excluding hydrogens is 276 g/mol. The van der Waals surface area contributed by atoms with Crippen LogP contribution in [0.3, 0.4) is 0 Å². The van der Waals surface area contributed by atoms with Crippen molar-refractivity contribution in [3.63, 3.8) is 0 Å². The van der Waals surface area contributed by atoms with Crippen molar-refractivity contribution < 1.29 is 4.79 Å². The van der Waals surface area contributed by atoms with E-state index < -0.39 is 0 Å². The molecular formula is C17H24N4O. The Morgan fingerprint density at radius 3 is 2.82 bits per heavy atom. The molecule has 0 spiro atoms. The van der Waals surface area contributed by atoms with Crippen LogP contribution < -0.4 is 5.32 Å². The predicted octanol–water partition coefficient (Wildman–Crippen LogP) is 2.24. The third-order valence-corrected chi connectivity index (χ3v) is 3.55. The summed E-state index contributed by atoms with van der Waals surface area (Å²) in [5, 5.41) is 7.16. The standard InChI is InChI=1S/C17H24N4O/c1-13-5-6-14(2)15(9-13)10-17(22)19-16-11-18-21(12-16)8-7-20(3)4/h5-6,9,11-12H,7-8,10H2,1-4H3,(H,19,22). The highest BCUT2D eigenvalue weighted by Gasteiger charge is 2.08. The van der Waals surface area contributed by atoms with Crippen LogP contribution in [0.5, 0.6) is 0 Å². The lowest BCUT2D eigenvalue weighted by molar-refractivity contribution is -0.115. The van der Waals surface area contributed by atoms with Gasteiger partial charge in [0.05, 0.1) is 24.8 Å². The van der Waals surface area contributed by atoms with Crippen LogP contribution in [0.2, 0.25) is 0 Å².